The maximum atomic E-state index is 3.36. The third-order valence-corrected chi connectivity index (χ3v) is 0.167. The fraction of sp³-hybridized carbons (Fsp3) is 0. The van der Waals surface area contributed by atoms with Crippen LogP contribution in [-0.2, 0) is 0 Å². The van der Waals surface area contributed by atoms with E-state index < -0.39 is 0 Å². The molecular weight excluding hydrogens is 50.0 g/mol. The van der Waals surface area contributed by atoms with Crippen molar-refractivity contribution < 1.29 is 0 Å². The van der Waals surface area contributed by atoms with Gasteiger partial charge in [0.25, 0.3) is 0 Å². The average molecular weight is 56.1 g/mol. The fourth-order valence-corrected chi connectivity index (χ4v) is 0. The minimum atomic E-state index is 1.64. The van der Waals surface area contributed by atoms with Crippen molar-refractivity contribution in [1.82, 2.24) is 0 Å². The van der Waals surface area contributed by atoms with Gasteiger partial charge in [-0.05, 0) is 0 Å². The minimum Gasteiger partial charge on any atom is -0.0991 e. The molecule has 0 aliphatic rings. The second kappa shape index (κ2) is 2.48. The second-order valence-electron chi connectivity index (χ2n) is 0.471. The highest BCUT2D eigenvalue weighted by molar-refractivity contribution is 4.88. The van der Waals surface area contributed by atoms with E-state index in [2.05, 4.69) is 13.2 Å². The van der Waals surface area contributed by atoms with Gasteiger partial charge in [0, 0.05) is 0 Å². The Morgan fingerprint density at radius 3 is 1.25 bits per heavy atom. The third kappa shape index (κ3) is 1.48. The molecule has 0 N–H and O–H groups in total. The highest BCUT2D eigenvalue weighted by atomic mass is 13.7. The van der Waals surface area contributed by atoms with E-state index in [1.54, 1.807) is 12.2 Å². The molecule has 0 heteroatoms. The first-order chi connectivity index (χ1) is 1.91. The Balaban J connectivity index is 2.73. The molecular formula is C4H6. The molecule has 22 valence electrons. The van der Waals surface area contributed by atoms with E-state index in [4.69, 9.17) is 0 Å². The summed E-state index contributed by atoms with van der Waals surface area (Å²) in [7, 11) is 0. The summed E-state index contributed by atoms with van der Waals surface area (Å²) in [6.45, 7) is 6.72. The van der Waals surface area contributed by atoms with Crippen LogP contribution in [-0.4, -0.2) is 0 Å². The number of hydrogen-bond donors (Lipinski definition) is 0. The summed E-state index contributed by atoms with van der Waals surface area (Å²) in [5.41, 5.74) is 0. The molecule has 0 atom stereocenters. The molecule has 4 heavy (non-hydrogen) atoms. The summed E-state index contributed by atoms with van der Waals surface area (Å²) in [5.74, 6) is 0. The molecule has 0 aromatic heterocycles. The van der Waals surface area contributed by atoms with Crippen LogP contribution in [0, 0.1) is 0 Å². The van der Waals surface area contributed by atoms with E-state index in [0.29, 0.717) is 0 Å². The molecule has 0 rings (SSSR count). The number of allylic oxidation sites excluding steroid dienone is 2. The van der Waals surface area contributed by atoms with Gasteiger partial charge in [-0.3, -0.25) is 0 Å². The molecule has 0 nitrogen and oxygen atoms in total. The van der Waals surface area contributed by atoms with Gasteiger partial charge in [0.1, 0.15) is 0 Å². The Hall–Kier alpha value is -0.520. The summed E-state index contributed by atoms with van der Waals surface area (Å²) >= 11 is 0. The van der Waals surface area contributed by atoms with Crippen LogP contribution in [0.1, 0.15) is 0 Å². The van der Waals surface area contributed by atoms with Crippen LogP contribution in [0.3, 0.4) is 0 Å². The first-order valence-electron chi connectivity index (χ1n) is 1.15. The van der Waals surface area contributed by atoms with E-state index in [1.807, 2.05) is 0 Å². The molecule has 0 saturated heterocycles. The van der Waals surface area contributed by atoms with Gasteiger partial charge in [0.15, 0.2) is 0 Å². The highest BCUT2D eigenvalue weighted by Crippen LogP contribution is 1.52. The van der Waals surface area contributed by atoms with E-state index in [0.717, 1.165) is 0 Å². The van der Waals surface area contributed by atoms with E-state index in [-0.39, 0.29) is 0 Å². The quantitative estimate of drug-likeness (QED) is 0.314. The van der Waals surface area contributed by atoms with Gasteiger partial charge in [-0.15, -0.1) is 0 Å². The molecule has 0 unspecified atom stereocenters. The molecule has 0 bridgehead atoms. The van der Waals surface area contributed by atoms with Crippen LogP contribution >= 0.6 is 0 Å². The molecule has 0 aliphatic carbocycles. The lowest BCUT2D eigenvalue weighted by atomic mass is 10.8. The zero-order valence-corrected chi connectivity index (χ0v) is 2.57. The lowest BCUT2D eigenvalue weighted by Gasteiger charge is -1.44. The largest absolute Gasteiger partial charge is 0.0991 e. The van der Waals surface area contributed by atoms with Crippen LogP contribution in [0.15, 0.2) is 25.3 Å². The van der Waals surface area contributed by atoms with Crippen molar-refractivity contribution in [1.29, 1.82) is 0 Å². The summed E-state index contributed by atoms with van der Waals surface area (Å²) < 4.78 is 0. The van der Waals surface area contributed by atoms with Gasteiger partial charge in [-0.25, -0.2) is 0 Å². The van der Waals surface area contributed by atoms with Crippen molar-refractivity contribution in [2.24, 2.45) is 0 Å². The minimum absolute atomic E-state index is 1.64. The molecule has 0 saturated carbocycles. The monoisotopic (exact) mass is 56.1 g/mol. The predicted octanol–water partition coefficient (Wildman–Crippen LogP) is 1.36. The molecule has 0 fully saturated rings. The lowest BCUT2D eigenvalue weighted by Crippen LogP contribution is -1.21. The summed E-state index contributed by atoms with van der Waals surface area (Å²) in [5, 5.41) is 0. The summed E-state index contributed by atoms with van der Waals surface area (Å²) in [6, 6.07) is 0. The van der Waals surface area contributed by atoms with E-state index >= 15 is 0 Å². The van der Waals surface area contributed by atoms with Crippen LogP contribution in [0.25, 0.3) is 0 Å². The van der Waals surface area contributed by atoms with E-state index in [1.165, 1.54) is 0 Å². The first-order valence-corrected chi connectivity index (χ1v) is 1.15. The van der Waals surface area contributed by atoms with Crippen molar-refractivity contribution >= 4 is 0 Å². The third-order valence-electron chi connectivity index (χ3n) is 0.167. The van der Waals surface area contributed by atoms with Crippen LogP contribution < -0.4 is 0 Å². The Kier molecular flexibility index (Phi) is 2.16. The standard InChI is InChI=1S/C4H6/c1-3-4-2/h3-4H,1-2H2/i1+1,2+1. The van der Waals surface area contributed by atoms with Crippen molar-refractivity contribution in [3.63, 3.8) is 0 Å². The zero-order chi connectivity index (χ0) is 3.41. The van der Waals surface area contributed by atoms with Crippen molar-refractivity contribution in [3.05, 3.63) is 25.3 Å². The molecule has 0 heterocycles. The van der Waals surface area contributed by atoms with Crippen LogP contribution in [0.5, 0.6) is 0 Å². The lowest BCUT2D eigenvalue weighted by molar-refractivity contribution is 2.15. The second-order valence-corrected chi connectivity index (χ2v) is 0.471. The zero-order valence-electron chi connectivity index (χ0n) is 2.57. The molecule has 0 spiro atoms. The van der Waals surface area contributed by atoms with Gasteiger partial charge in [-0.1, -0.05) is 25.3 Å². The summed E-state index contributed by atoms with van der Waals surface area (Å²) in [6.07, 6.45) is 3.28. The topological polar surface area (TPSA) is 0 Å². The predicted molar refractivity (Wildman–Crippen MR) is 20.4 cm³/mol. The average Bonchev–Trinajstić information content (AvgIpc) is 1.37. The maximum absolute atomic E-state index is 3.36. The smallest absolute Gasteiger partial charge is 0.0701 e. The first kappa shape index (κ1) is 3.48. The van der Waals surface area contributed by atoms with Gasteiger partial charge < -0.3 is 0 Å². The SMILES string of the molecule is [13CH2]=CC=[13CH2]. The van der Waals surface area contributed by atoms with E-state index in [9.17, 15) is 0 Å². The number of hydrogen-bond acceptors (Lipinski definition) is 0. The normalized spacial score (nSPS) is 5.00. The van der Waals surface area contributed by atoms with Gasteiger partial charge in [-0.2, -0.15) is 0 Å². The number of rotatable bonds is 1. The fourth-order valence-electron chi connectivity index (χ4n) is 0. The van der Waals surface area contributed by atoms with Gasteiger partial charge in [0.05, 0.1) is 0 Å². The van der Waals surface area contributed by atoms with Crippen molar-refractivity contribution in [3.8, 4) is 0 Å². The molecule has 0 aromatic rings. The molecule has 0 aliphatic heterocycles. The Morgan fingerprint density at radius 1 is 1.00 bits per heavy atom. The molecule has 0 aromatic carbocycles. The summed E-state index contributed by atoms with van der Waals surface area (Å²) in [4.78, 5) is 0. The molecule has 0 radical (unpaired) electrons. The van der Waals surface area contributed by atoms with Crippen molar-refractivity contribution in [2.45, 2.75) is 0 Å². The highest BCUT2D eigenvalue weighted by Gasteiger charge is 1.29. The van der Waals surface area contributed by atoms with Gasteiger partial charge in [0.2, 0.25) is 0 Å². The Morgan fingerprint density at radius 2 is 1.25 bits per heavy atom. The Labute approximate surface area is 26.5 Å². The molecule has 0 amide bonds. The Bertz CT molecular complexity index is 21.0. The van der Waals surface area contributed by atoms with Gasteiger partial charge >= 0.3 is 0 Å². The van der Waals surface area contributed by atoms with Crippen LogP contribution in [0.4, 0.5) is 0 Å². The van der Waals surface area contributed by atoms with Crippen molar-refractivity contribution in [2.75, 3.05) is 0 Å². The van der Waals surface area contributed by atoms with Crippen LogP contribution in [0.2, 0.25) is 0 Å². The maximum Gasteiger partial charge on any atom is -0.0701 e.